The second kappa shape index (κ2) is 4.42. The van der Waals surface area contributed by atoms with Crippen LogP contribution in [0.15, 0.2) is 42.5 Å². The Balaban J connectivity index is 2.23. The molecule has 2 rings (SSSR count). The van der Waals surface area contributed by atoms with Crippen LogP contribution >= 0.6 is 9.24 Å². The van der Waals surface area contributed by atoms with Crippen molar-refractivity contribution in [3.05, 3.63) is 42.5 Å². The van der Waals surface area contributed by atoms with Crippen LogP contribution in [-0.2, 0) is 0 Å². The van der Waals surface area contributed by atoms with Crippen molar-refractivity contribution in [1.29, 1.82) is 0 Å². The molecule has 3 nitrogen and oxygen atoms in total. The molecule has 0 heterocycles. The predicted octanol–water partition coefficient (Wildman–Crippen LogP) is 2.14. The summed E-state index contributed by atoms with van der Waals surface area (Å²) in [6.07, 6.45) is 0. The summed E-state index contributed by atoms with van der Waals surface area (Å²) in [7, 11) is 2.60. The van der Waals surface area contributed by atoms with Gasteiger partial charge in [0.25, 0.3) is 0 Å². The van der Waals surface area contributed by atoms with E-state index >= 15 is 0 Å². The number of benzene rings is 2. The van der Waals surface area contributed by atoms with Crippen molar-refractivity contribution in [2.45, 2.75) is 0 Å². The molecule has 0 aliphatic heterocycles. The van der Waals surface area contributed by atoms with Gasteiger partial charge in [-0.2, -0.15) is 0 Å². The Hall–Kier alpha value is -1.73. The molecular weight excluding hydrogens is 219 g/mol. The lowest BCUT2D eigenvalue weighted by atomic mass is 10.3. The van der Waals surface area contributed by atoms with Gasteiger partial charge in [-0.15, -0.1) is 9.24 Å². The third-order valence-corrected chi connectivity index (χ3v) is 2.59. The van der Waals surface area contributed by atoms with Crippen molar-refractivity contribution >= 4 is 25.9 Å². The second-order valence-electron chi connectivity index (χ2n) is 3.47. The molecule has 4 N–H and O–H groups in total. The Labute approximate surface area is 96.6 Å². The minimum absolute atomic E-state index is 0.717. The molecule has 0 saturated heterocycles. The zero-order valence-electron chi connectivity index (χ0n) is 8.68. The zero-order chi connectivity index (χ0) is 11.5. The van der Waals surface area contributed by atoms with Crippen LogP contribution in [0.25, 0.3) is 0 Å². The fourth-order valence-electron chi connectivity index (χ4n) is 1.32. The van der Waals surface area contributed by atoms with Crippen LogP contribution in [0.1, 0.15) is 0 Å². The molecule has 0 aromatic heterocycles. The molecular formula is C12H13N2OP. The van der Waals surface area contributed by atoms with Crippen molar-refractivity contribution in [2.75, 3.05) is 11.5 Å². The zero-order valence-corrected chi connectivity index (χ0v) is 9.84. The fourth-order valence-corrected chi connectivity index (χ4v) is 1.67. The average molecular weight is 232 g/mol. The van der Waals surface area contributed by atoms with Crippen LogP contribution in [-0.4, -0.2) is 0 Å². The number of hydrogen-bond acceptors (Lipinski definition) is 3. The summed E-state index contributed by atoms with van der Waals surface area (Å²) in [6, 6.07) is 12.8. The van der Waals surface area contributed by atoms with Gasteiger partial charge in [-0.05, 0) is 42.5 Å². The Bertz CT molecular complexity index is 497. The molecule has 1 unspecified atom stereocenters. The van der Waals surface area contributed by atoms with Gasteiger partial charge < -0.3 is 16.2 Å². The lowest BCUT2D eigenvalue weighted by Gasteiger charge is -2.09. The van der Waals surface area contributed by atoms with Crippen LogP contribution in [0.3, 0.4) is 0 Å². The lowest BCUT2D eigenvalue weighted by Crippen LogP contribution is -1.99. The molecule has 4 heteroatoms. The third-order valence-electron chi connectivity index (χ3n) is 2.14. The molecule has 16 heavy (non-hydrogen) atoms. The van der Waals surface area contributed by atoms with E-state index in [-0.39, 0.29) is 0 Å². The molecule has 0 fully saturated rings. The largest absolute Gasteiger partial charge is 0.457 e. The molecule has 0 spiro atoms. The highest BCUT2D eigenvalue weighted by atomic mass is 31.0. The number of nitrogens with two attached hydrogens (primary N) is 2. The topological polar surface area (TPSA) is 61.3 Å². The molecule has 0 aliphatic rings. The van der Waals surface area contributed by atoms with Gasteiger partial charge in [-0.3, -0.25) is 0 Å². The van der Waals surface area contributed by atoms with E-state index in [4.69, 9.17) is 16.2 Å². The maximum atomic E-state index is 5.69. The SMILES string of the molecule is Nc1ccc(Oc2ccc(N)cc2P)cc1. The molecule has 2 aromatic carbocycles. The minimum Gasteiger partial charge on any atom is -0.457 e. The number of ether oxygens (including phenoxy) is 1. The van der Waals surface area contributed by atoms with Crippen molar-refractivity contribution in [2.24, 2.45) is 0 Å². The Morgan fingerprint density at radius 1 is 0.875 bits per heavy atom. The average Bonchev–Trinajstić information content (AvgIpc) is 2.25. The number of hydrogen-bond donors (Lipinski definition) is 2. The highest BCUT2D eigenvalue weighted by Gasteiger charge is 2.01. The lowest BCUT2D eigenvalue weighted by molar-refractivity contribution is 0.487. The monoisotopic (exact) mass is 232 g/mol. The Morgan fingerprint density at radius 3 is 2.12 bits per heavy atom. The molecule has 0 bridgehead atoms. The van der Waals surface area contributed by atoms with Gasteiger partial charge in [0, 0.05) is 16.7 Å². The fraction of sp³-hybridized carbons (Fsp3) is 0. The second-order valence-corrected chi connectivity index (χ2v) is 4.09. The van der Waals surface area contributed by atoms with E-state index in [2.05, 4.69) is 9.24 Å². The van der Waals surface area contributed by atoms with Gasteiger partial charge in [0.2, 0.25) is 0 Å². The van der Waals surface area contributed by atoms with E-state index in [0.29, 0.717) is 0 Å². The quantitative estimate of drug-likeness (QED) is 0.616. The van der Waals surface area contributed by atoms with E-state index in [1.54, 1.807) is 18.2 Å². The number of anilines is 2. The minimum atomic E-state index is 0.717. The molecule has 0 saturated carbocycles. The van der Waals surface area contributed by atoms with Crippen LogP contribution in [0.2, 0.25) is 0 Å². The summed E-state index contributed by atoms with van der Waals surface area (Å²) in [6.45, 7) is 0. The van der Waals surface area contributed by atoms with Crippen molar-refractivity contribution in [3.63, 3.8) is 0 Å². The van der Waals surface area contributed by atoms with Gasteiger partial charge in [0.15, 0.2) is 0 Å². The number of rotatable bonds is 2. The maximum absolute atomic E-state index is 5.69. The predicted molar refractivity (Wildman–Crippen MR) is 71.1 cm³/mol. The first-order valence-corrected chi connectivity index (χ1v) is 5.41. The van der Waals surface area contributed by atoms with E-state index in [0.717, 1.165) is 28.2 Å². The van der Waals surface area contributed by atoms with Crippen LogP contribution in [0.5, 0.6) is 11.5 Å². The molecule has 0 aliphatic carbocycles. The summed E-state index contributed by atoms with van der Waals surface area (Å²) < 4.78 is 5.69. The number of nitrogen functional groups attached to an aromatic ring is 2. The molecule has 2 aromatic rings. The smallest absolute Gasteiger partial charge is 0.134 e. The summed E-state index contributed by atoms with van der Waals surface area (Å²) in [4.78, 5) is 0. The molecule has 0 radical (unpaired) electrons. The summed E-state index contributed by atoms with van der Waals surface area (Å²) in [5.74, 6) is 1.52. The first-order chi connectivity index (χ1) is 7.65. The third kappa shape index (κ3) is 2.44. The van der Waals surface area contributed by atoms with Crippen molar-refractivity contribution in [3.8, 4) is 11.5 Å². The molecule has 82 valence electrons. The Kier molecular flexibility index (Phi) is 2.97. The van der Waals surface area contributed by atoms with Crippen LogP contribution in [0, 0.1) is 0 Å². The first-order valence-electron chi connectivity index (χ1n) is 4.83. The maximum Gasteiger partial charge on any atom is 0.134 e. The van der Waals surface area contributed by atoms with Gasteiger partial charge in [-0.1, -0.05) is 0 Å². The normalized spacial score (nSPS) is 10.1. The van der Waals surface area contributed by atoms with E-state index in [1.165, 1.54) is 0 Å². The van der Waals surface area contributed by atoms with Crippen LogP contribution in [0.4, 0.5) is 11.4 Å². The highest BCUT2D eigenvalue weighted by Crippen LogP contribution is 2.23. The van der Waals surface area contributed by atoms with E-state index in [1.807, 2.05) is 24.3 Å². The molecule has 0 amide bonds. The van der Waals surface area contributed by atoms with Gasteiger partial charge in [-0.25, -0.2) is 0 Å². The van der Waals surface area contributed by atoms with E-state index in [9.17, 15) is 0 Å². The van der Waals surface area contributed by atoms with Gasteiger partial charge in [0.05, 0.1) is 0 Å². The van der Waals surface area contributed by atoms with Gasteiger partial charge >= 0.3 is 0 Å². The van der Waals surface area contributed by atoms with Gasteiger partial charge in [0.1, 0.15) is 11.5 Å². The van der Waals surface area contributed by atoms with E-state index < -0.39 is 0 Å². The summed E-state index contributed by atoms with van der Waals surface area (Å²) in [5, 5.41) is 0.928. The Morgan fingerprint density at radius 2 is 1.50 bits per heavy atom. The first kappa shape index (κ1) is 10.8. The van der Waals surface area contributed by atoms with Crippen molar-refractivity contribution < 1.29 is 4.74 Å². The van der Waals surface area contributed by atoms with Crippen molar-refractivity contribution in [1.82, 2.24) is 0 Å². The van der Waals surface area contributed by atoms with Crippen LogP contribution < -0.4 is 21.5 Å². The molecule has 1 atom stereocenters. The summed E-state index contributed by atoms with van der Waals surface area (Å²) in [5.41, 5.74) is 12.7. The highest BCUT2D eigenvalue weighted by molar-refractivity contribution is 7.27. The summed E-state index contributed by atoms with van der Waals surface area (Å²) >= 11 is 0. The standard InChI is InChI=1S/C12H13N2OP/c13-8-1-4-10(5-2-8)15-11-6-3-9(14)7-12(11)16/h1-7H,13-14,16H2.